The summed E-state index contributed by atoms with van der Waals surface area (Å²) >= 11 is 0. The molecular weight excluding hydrogens is 402 g/mol. The van der Waals surface area contributed by atoms with Crippen molar-refractivity contribution >= 4 is 33.7 Å². The number of para-hydroxylation sites is 1. The third kappa shape index (κ3) is 3.17. The summed E-state index contributed by atoms with van der Waals surface area (Å²) in [6, 6.07) is 29.5. The Labute approximate surface area is 185 Å². The fourth-order valence-corrected chi connectivity index (χ4v) is 4.49. The van der Waals surface area contributed by atoms with Crippen LogP contribution in [0.2, 0.25) is 0 Å². The molecule has 1 aliphatic heterocycles. The summed E-state index contributed by atoms with van der Waals surface area (Å²) in [5, 5.41) is 13.2. The van der Waals surface area contributed by atoms with Gasteiger partial charge in [-0.1, -0.05) is 66.7 Å². The summed E-state index contributed by atoms with van der Waals surface area (Å²) in [5.74, 6) is -0.00365. The van der Waals surface area contributed by atoms with Gasteiger partial charge in [0.15, 0.2) is 0 Å². The highest BCUT2D eigenvalue weighted by Crippen LogP contribution is 2.45. The highest BCUT2D eigenvalue weighted by molar-refractivity contribution is 6.12. The van der Waals surface area contributed by atoms with Crippen molar-refractivity contribution in [1.82, 2.24) is 0 Å². The van der Waals surface area contributed by atoms with Crippen LogP contribution in [0.25, 0.3) is 10.8 Å². The normalized spacial score (nSPS) is 17.8. The molecule has 6 nitrogen and oxygen atoms in total. The van der Waals surface area contributed by atoms with E-state index in [1.807, 2.05) is 89.6 Å². The van der Waals surface area contributed by atoms with Gasteiger partial charge in [-0.05, 0) is 29.1 Å². The fourth-order valence-electron chi connectivity index (χ4n) is 4.49. The number of nitrogens with zero attached hydrogens (tertiary/aromatic N) is 3. The number of nitro benzene ring substituents is 1. The van der Waals surface area contributed by atoms with E-state index < -0.39 is 11.0 Å². The first-order chi connectivity index (χ1) is 15.6. The number of likely N-dealkylation sites (N-methyl/N-ethyl adjacent to an activating group) is 1. The van der Waals surface area contributed by atoms with Gasteiger partial charge in [-0.15, -0.1) is 0 Å². The van der Waals surface area contributed by atoms with Gasteiger partial charge in [0.1, 0.15) is 6.04 Å². The second-order valence-corrected chi connectivity index (χ2v) is 7.89. The first kappa shape index (κ1) is 19.8. The standard InChI is InChI=1S/C26H21N3O3/c1-27(20-10-3-2-4-11-20)25-24(19-14-16-21(17-15-19)29(31)32)28(26(25)30)23-13-7-9-18-8-5-6-12-22(18)23/h2-17,24-25H,1H3. The van der Waals surface area contributed by atoms with E-state index in [9.17, 15) is 14.9 Å². The molecule has 1 saturated heterocycles. The summed E-state index contributed by atoms with van der Waals surface area (Å²) in [6.45, 7) is 0. The Morgan fingerprint density at radius 3 is 2.22 bits per heavy atom. The Bertz CT molecular complexity index is 1300. The second-order valence-electron chi connectivity index (χ2n) is 7.89. The number of β-lactam (4-membered cyclic amide) rings is 1. The monoisotopic (exact) mass is 423 g/mol. The van der Waals surface area contributed by atoms with E-state index in [-0.39, 0.29) is 17.6 Å². The molecule has 1 fully saturated rings. The van der Waals surface area contributed by atoms with Crippen LogP contribution in [-0.4, -0.2) is 23.9 Å². The predicted molar refractivity (Wildman–Crippen MR) is 126 cm³/mol. The van der Waals surface area contributed by atoms with Crippen molar-refractivity contribution in [2.45, 2.75) is 12.1 Å². The van der Waals surface area contributed by atoms with Gasteiger partial charge >= 0.3 is 0 Å². The molecule has 2 unspecified atom stereocenters. The van der Waals surface area contributed by atoms with Gasteiger partial charge in [0.05, 0.1) is 16.7 Å². The lowest BCUT2D eigenvalue weighted by atomic mass is 9.85. The predicted octanol–water partition coefficient (Wildman–Crippen LogP) is 5.34. The van der Waals surface area contributed by atoms with Crippen LogP contribution < -0.4 is 9.80 Å². The molecule has 0 N–H and O–H groups in total. The molecule has 158 valence electrons. The van der Waals surface area contributed by atoms with Gasteiger partial charge in [-0.3, -0.25) is 19.8 Å². The second kappa shape index (κ2) is 7.81. The maximum Gasteiger partial charge on any atom is 0.269 e. The smallest absolute Gasteiger partial charge is 0.269 e. The van der Waals surface area contributed by atoms with Crippen molar-refractivity contribution in [3.05, 3.63) is 113 Å². The number of anilines is 2. The summed E-state index contributed by atoms with van der Waals surface area (Å²) in [4.78, 5) is 28.1. The maximum absolute atomic E-state index is 13.6. The number of hydrogen-bond donors (Lipinski definition) is 0. The first-order valence-electron chi connectivity index (χ1n) is 10.4. The van der Waals surface area contributed by atoms with Gasteiger partial charge < -0.3 is 4.90 Å². The minimum absolute atomic E-state index is 0.00365. The van der Waals surface area contributed by atoms with E-state index in [2.05, 4.69) is 0 Å². The molecule has 4 aromatic carbocycles. The molecule has 0 bridgehead atoms. The Hall–Kier alpha value is -4.19. The van der Waals surface area contributed by atoms with Crippen molar-refractivity contribution < 1.29 is 9.72 Å². The molecule has 1 aliphatic rings. The van der Waals surface area contributed by atoms with Crippen LogP contribution in [0.4, 0.5) is 17.1 Å². The summed E-state index contributed by atoms with van der Waals surface area (Å²) < 4.78 is 0. The van der Waals surface area contributed by atoms with Crippen LogP contribution in [0.3, 0.4) is 0 Å². The zero-order chi connectivity index (χ0) is 22.2. The van der Waals surface area contributed by atoms with Gasteiger partial charge in [-0.25, -0.2) is 0 Å². The van der Waals surface area contributed by atoms with E-state index in [1.54, 1.807) is 12.1 Å². The van der Waals surface area contributed by atoms with E-state index in [1.165, 1.54) is 12.1 Å². The third-order valence-electron chi connectivity index (χ3n) is 6.12. The maximum atomic E-state index is 13.6. The van der Waals surface area contributed by atoms with Crippen LogP contribution in [0.5, 0.6) is 0 Å². The molecule has 1 heterocycles. The van der Waals surface area contributed by atoms with Crippen molar-refractivity contribution in [3.63, 3.8) is 0 Å². The van der Waals surface area contributed by atoms with Gasteiger partial charge in [0, 0.05) is 30.3 Å². The van der Waals surface area contributed by atoms with E-state index in [0.29, 0.717) is 0 Å². The van der Waals surface area contributed by atoms with Crippen LogP contribution in [0, 0.1) is 10.1 Å². The largest absolute Gasteiger partial charge is 0.361 e. The molecule has 6 heteroatoms. The lowest BCUT2D eigenvalue weighted by Gasteiger charge is -2.51. The number of rotatable bonds is 5. The molecule has 0 radical (unpaired) electrons. The molecular formula is C26H21N3O3. The number of benzene rings is 4. The Morgan fingerprint density at radius 2 is 1.50 bits per heavy atom. The summed E-state index contributed by atoms with van der Waals surface area (Å²) in [6.07, 6.45) is 0. The Morgan fingerprint density at radius 1 is 0.844 bits per heavy atom. The van der Waals surface area contributed by atoms with Crippen molar-refractivity contribution in [1.29, 1.82) is 0 Å². The Kier molecular flexibility index (Phi) is 4.82. The zero-order valence-electron chi connectivity index (χ0n) is 17.5. The SMILES string of the molecule is CN(c1ccccc1)C1C(=O)N(c2cccc3ccccc23)C1c1ccc([N+](=O)[O-])cc1. The highest BCUT2D eigenvalue weighted by Gasteiger charge is 2.51. The lowest BCUT2D eigenvalue weighted by molar-refractivity contribution is -0.384. The topological polar surface area (TPSA) is 66.7 Å². The molecule has 0 spiro atoms. The zero-order valence-corrected chi connectivity index (χ0v) is 17.5. The van der Waals surface area contributed by atoms with Crippen molar-refractivity contribution in [2.24, 2.45) is 0 Å². The van der Waals surface area contributed by atoms with Crippen LogP contribution in [-0.2, 0) is 4.79 Å². The summed E-state index contributed by atoms with van der Waals surface area (Å²) in [7, 11) is 1.91. The molecule has 2 atom stereocenters. The van der Waals surface area contributed by atoms with Gasteiger partial charge in [-0.2, -0.15) is 0 Å². The molecule has 1 amide bonds. The first-order valence-corrected chi connectivity index (χ1v) is 10.4. The van der Waals surface area contributed by atoms with Gasteiger partial charge in [0.2, 0.25) is 0 Å². The minimum atomic E-state index is -0.419. The fraction of sp³-hybridized carbons (Fsp3) is 0.115. The van der Waals surface area contributed by atoms with E-state index in [4.69, 9.17) is 0 Å². The number of non-ortho nitro benzene ring substituents is 1. The molecule has 5 rings (SSSR count). The molecule has 0 aromatic heterocycles. The van der Waals surface area contributed by atoms with Crippen molar-refractivity contribution in [3.8, 4) is 0 Å². The average Bonchev–Trinajstić information content (AvgIpc) is 2.83. The number of carbonyl (C=O) groups excluding carboxylic acids is 1. The summed E-state index contributed by atoms with van der Waals surface area (Å²) in [5.41, 5.74) is 2.67. The molecule has 0 aliphatic carbocycles. The van der Waals surface area contributed by atoms with Crippen LogP contribution in [0.15, 0.2) is 97.1 Å². The number of hydrogen-bond acceptors (Lipinski definition) is 4. The average molecular weight is 423 g/mol. The van der Waals surface area contributed by atoms with Crippen LogP contribution >= 0.6 is 0 Å². The number of carbonyl (C=O) groups is 1. The van der Waals surface area contributed by atoms with E-state index >= 15 is 0 Å². The van der Waals surface area contributed by atoms with E-state index in [0.717, 1.165) is 27.7 Å². The third-order valence-corrected chi connectivity index (χ3v) is 6.12. The number of nitro groups is 1. The quantitative estimate of drug-likeness (QED) is 0.247. The molecule has 32 heavy (non-hydrogen) atoms. The van der Waals surface area contributed by atoms with Crippen molar-refractivity contribution in [2.75, 3.05) is 16.8 Å². The Balaban J connectivity index is 1.61. The van der Waals surface area contributed by atoms with Gasteiger partial charge in [0.25, 0.3) is 11.6 Å². The molecule has 0 saturated carbocycles. The number of fused-ring (bicyclic) bond motifs is 1. The van der Waals surface area contributed by atoms with Crippen LogP contribution in [0.1, 0.15) is 11.6 Å². The molecule has 4 aromatic rings. The highest BCUT2D eigenvalue weighted by atomic mass is 16.6. The lowest BCUT2D eigenvalue weighted by Crippen LogP contribution is -2.65. The minimum Gasteiger partial charge on any atom is -0.361 e. The number of amides is 1.